The topological polar surface area (TPSA) is 40.9 Å². The van der Waals surface area contributed by atoms with Gasteiger partial charge < -0.3 is 0 Å². The first-order valence-electron chi connectivity index (χ1n) is 6.18. The summed E-state index contributed by atoms with van der Waals surface area (Å²) in [6.07, 6.45) is 0. The summed E-state index contributed by atoms with van der Waals surface area (Å²) < 4.78 is 0. The summed E-state index contributed by atoms with van der Waals surface area (Å²) in [5.41, 5.74) is 7.94. The molecule has 0 aliphatic rings. The summed E-state index contributed by atoms with van der Waals surface area (Å²) in [6, 6.07) is 18.0. The van der Waals surface area contributed by atoms with Crippen LogP contribution in [0, 0.1) is 0 Å². The SMILES string of the molecule is [NH]C(=O)c1cc2cccc3ccc4cccc1c4c32. The molecular formula is C17H10NO. The Hall–Kier alpha value is -2.61. The van der Waals surface area contributed by atoms with Crippen molar-refractivity contribution in [2.75, 3.05) is 0 Å². The maximum atomic E-state index is 11.6. The first-order valence-corrected chi connectivity index (χ1v) is 6.18. The zero-order valence-corrected chi connectivity index (χ0v) is 10.1. The van der Waals surface area contributed by atoms with Crippen molar-refractivity contribution in [3.63, 3.8) is 0 Å². The molecule has 0 saturated carbocycles. The Labute approximate surface area is 109 Å². The van der Waals surface area contributed by atoms with E-state index in [1.165, 1.54) is 10.8 Å². The van der Waals surface area contributed by atoms with Gasteiger partial charge in [-0.05, 0) is 38.4 Å². The molecule has 0 spiro atoms. The third-order valence-electron chi connectivity index (χ3n) is 3.75. The van der Waals surface area contributed by atoms with Crippen LogP contribution in [0.3, 0.4) is 0 Å². The molecule has 0 saturated heterocycles. The molecule has 1 radical (unpaired) electrons. The minimum Gasteiger partial charge on any atom is -0.267 e. The van der Waals surface area contributed by atoms with Crippen molar-refractivity contribution in [2.24, 2.45) is 0 Å². The molecule has 0 aromatic heterocycles. The maximum Gasteiger partial charge on any atom is 0.270 e. The molecule has 1 amide bonds. The molecule has 19 heavy (non-hydrogen) atoms. The van der Waals surface area contributed by atoms with Crippen molar-refractivity contribution in [1.82, 2.24) is 5.73 Å². The van der Waals surface area contributed by atoms with E-state index in [4.69, 9.17) is 5.73 Å². The number of hydrogen-bond acceptors (Lipinski definition) is 1. The fourth-order valence-electron chi connectivity index (χ4n) is 2.95. The highest BCUT2D eigenvalue weighted by atomic mass is 16.1. The Morgan fingerprint density at radius 2 is 1.42 bits per heavy atom. The Bertz CT molecular complexity index is 940. The lowest BCUT2D eigenvalue weighted by molar-refractivity contribution is 0.0994. The van der Waals surface area contributed by atoms with Gasteiger partial charge in [0.1, 0.15) is 0 Å². The van der Waals surface area contributed by atoms with E-state index in [1.807, 2.05) is 36.4 Å². The van der Waals surface area contributed by atoms with E-state index >= 15 is 0 Å². The van der Waals surface area contributed by atoms with Crippen LogP contribution in [0.1, 0.15) is 10.4 Å². The number of nitrogens with one attached hydrogen (secondary N) is 1. The molecule has 0 heterocycles. The maximum absolute atomic E-state index is 11.6. The van der Waals surface area contributed by atoms with Gasteiger partial charge in [-0.2, -0.15) is 0 Å². The molecule has 4 rings (SSSR count). The summed E-state index contributed by atoms with van der Waals surface area (Å²) in [5, 5.41) is 6.46. The van der Waals surface area contributed by atoms with Crippen LogP contribution in [0.5, 0.6) is 0 Å². The first kappa shape index (κ1) is 10.3. The van der Waals surface area contributed by atoms with Gasteiger partial charge in [-0.1, -0.05) is 48.5 Å². The normalized spacial score (nSPS) is 11.6. The van der Waals surface area contributed by atoms with Crippen LogP contribution < -0.4 is 5.73 Å². The van der Waals surface area contributed by atoms with Gasteiger partial charge in [0.2, 0.25) is 0 Å². The average molecular weight is 244 g/mol. The third-order valence-corrected chi connectivity index (χ3v) is 3.75. The first-order chi connectivity index (χ1) is 9.25. The van der Waals surface area contributed by atoms with Gasteiger partial charge in [0, 0.05) is 5.56 Å². The lowest BCUT2D eigenvalue weighted by Gasteiger charge is -2.12. The van der Waals surface area contributed by atoms with Gasteiger partial charge in [0.15, 0.2) is 0 Å². The van der Waals surface area contributed by atoms with Crippen LogP contribution >= 0.6 is 0 Å². The number of carbonyl (C=O) groups excluding carboxylic acids is 1. The molecule has 0 unspecified atom stereocenters. The molecule has 4 aromatic rings. The zero-order valence-electron chi connectivity index (χ0n) is 10.1. The molecule has 0 aliphatic carbocycles. The van der Waals surface area contributed by atoms with Crippen molar-refractivity contribution in [1.29, 1.82) is 0 Å². The van der Waals surface area contributed by atoms with Crippen molar-refractivity contribution >= 4 is 38.2 Å². The van der Waals surface area contributed by atoms with E-state index in [0.717, 1.165) is 21.5 Å². The standard InChI is InChI=1S/C17H10NO/c18-17(19)14-9-12-5-1-3-10-7-8-11-4-2-6-13(14)16(11)15(10)12/h1-9,18H. The van der Waals surface area contributed by atoms with Gasteiger partial charge in [-0.25, -0.2) is 0 Å². The predicted octanol–water partition coefficient (Wildman–Crippen LogP) is 4.01. The third kappa shape index (κ3) is 1.28. The van der Waals surface area contributed by atoms with Crippen molar-refractivity contribution < 1.29 is 4.79 Å². The van der Waals surface area contributed by atoms with E-state index in [-0.39, 0.29) is 0 Å². The fourth-order valence-corrected chi connectivity index (χ4v) is 2.95. The number of hydrogen-bond donors (Lipinski definition) is 0. The molecule has 2 nitrogen and oxygen atoms in total. The largest absolute Gasteiger partial charge is 0.270 e. The van der Waals surface area contributed by atoms with Crippen LogP contribution in [0.4, 0.5) is 0 Å². The fraction of sp³-hybridized carbons (Fsp3) is 0. The number of amides is 1. The summed E-state index contributed by atoms with van der Waals surface area (Å²) in [7, 11) is 0. The summed E-state index contributed by atoms with van der Waals surface area (Å²) in [6.45, 7) is 0. The molecule has 0 atom stereocenters. The highest BCUT2D eigenvalue weighted by Crippen LogP contribution is 2.36. The lowest BCUT2D eigenvalue weighted by atomic mass is 9.91. The molecule has 89 valence electrons. The Kier molecular flexibility index (Phi) is 1.88. The number of rotatable bonds is 1. The molecular weight excluding hydrogens is 234 g/mol. The van der Waals surface area contributed by atoms with Crippen molar-refractivity contribution in [2.45, 2.75) is 0 Å². The second kappa shape index (κ2) is 3.45. The Balaban J connectivity index is 2.42. The lowest BCUT2D eigenvalue weighted by Crippen LogP contribution is -2.00. The van der Waals surface area contributed by atoms with Crippen LogP contribution in [-0.4, -0.2) is 5.91 Å². The minimum absolute atomic E-state index is 0.483. The monoisotopic (exact) mass is 244 g/mol. The van der Waals surface area contributed by atoms with Gasteiger partial charge in [-0.15, -0.1) is 0 Å². The van der Waals surface area contributed by atoms with Crippen molar-refractivity contribution in [3.05, 3.63) is 60.2 Å². The van der Waals surface area contributed by atoms with E-state index in [1.54, 1.807) is 0 Å². The quantitative estimate of drug-likeness (QED) is 0.466. The predicted molar refractivity (Wildman–Crippen MR) is 77.6 cm³/mol. The Morgan fingerprint density at radius 1 is 0.789 bits per heavy atom. The van der Waals surface area contributed by atoms with Gasteiger partial charge in [-0.3, -0.25) is 10.5 Å². The van der Waals surface area contributed by atoms with E-state index in [2.05, 4.69) is 18.2 Å². The second-order valence-corrected chi connectivity index (χ2v) is 4.80. The molecule has 0 bridgehead atoms. The van der Waals surface area contributed by atoms with Crippen LogP contribution in [-0.2, 0) is 0 Å². The molecule has 0 aliphatic heterocycles. The second-order valence-electron chi connectivity index (χ2n) is 4.80. The number of carbonyl (C=O) groups is 1. The Morgan fingerprint density at radius 3 is 2.16 bits per heavy atom. The number of benzene rings is 4. The van der Waals surface area contributed by atoms with Gasteiger partial charge in [0.05, 0.1) is 0 Å². The summed E-state index contributed by atoms with van der Waals surface area (Å²) in [5.74, 6) is -0.626. The molecule has 1 N–H and O–H groups in total. The highest BCUT2D eigenvalue weighted by molar-refractivity contribution is 6.27. The average Bonchev–Trinajstić information content (AvgIpc) is 2.44. The van der Waals surface area contributed by atoms with E-state index < -0.39 is 5.91 Å². The molecule has 0 fully saturated rings. The highest BCUT2D eigenvalue weighted by Gasteiger charge is 2.14. The van der Waals surface area contributed by atoms with Crippen molar-refractivity contribution in [3.8, 4) is 0 Å². The van der Waals surface area contributed by atoms with Crippen LogP contribution in [0.25, 0.3) is 32.3 Å². The van der Waals surface area contributed by atoms with E-state index in [0.29, 0.717) is 5.56 Å². The van der Waals surface area contributed by atoms with Gasteiger partial charge in [0.25, 0.3) is 5.91 Å². The van der Waals surface area contributed by atoms with Gasteiger partial charge >= 0.3 is 0 Å². The summed E-state index contributed by atoms with van der Waals surface area (Å²) in [4.78, 5) is 11.6. The minimum atomic E-state index is -0.626. The smallest absolute Gasteiger partial charge is 0.267 e. The van der Waals surface area contributed by atoms with E-state index in [9.17, 15) is 4.79 Å². The van der Waals surface area contributed by atoms with Crippen LogP contribution in [0.15, 0.2) is 54.6 Å². The molecule has 2 heteroatoms. The zero-order chi connectivity index (χ0) is 13.0. The summed E-state index contributed by atoms with van der Waals surface area (Å²) >= 11 is 0. The van der Waals surface area contributed by atoms with Crippen LogP contribution in [0.2, 0.25) is 0 Å². The molecule has 4 aromatic carbocycles.